The molecule has 0 spiro atoms. The second kappa shape index (κ2) is 6.01. The molecule has 2 aliphatic heterocycles. The molecule has 130 valence electrons. The minimum Gasteiger partial charge on any atom is -0.351 e. The van der Waals surface area contributed by atoms with E-state index < -0.39 is 0 Å². The molecule has 2 fully saturated rings. The number of aromatic nitrogens is 3. The van der Waals surface area contributed by atoms with E-state index in [1.807, 2.05) is 0 Å². The Labute approximate surface area is 144 Å². The molecule has 0 radical (unpaired) electrons. The third kappa shape index (κ3) is 2.58. The van der Waals surface area contributed by atoms with Crippen LogP contribution in [0.1, 0.15) is 19.5 Å². The molecule has 0 unspecified atom stereocenters. The Balaban J connectivity index is 1.43. The standard InChI is InChI=1S/C18H28N6/c1-13(2)22-5-7-23(8-6-22)15-10-24(11-15)18-17-16(19-12-20-18)9-14(3)21(17)4/h9,12-13,15H,5-8,10-11H2,1-4H3. The summed E-state index contributed by atoms with van der Waals surface area (Å²) in [5, 5.41) is 0. The molecule has 0 aromatic carbocycles. The second-order valence-electron chi connectivity index (χ2n) is 7.50. The van der Waals surface area contributed by atoms with Gasteiger partial charge in [0.2, 0.25) is 0 Å². The zero-order valence-electron chi connectivity index (χ0n) is 15.2. The highest BCUT2D eigenvalue weighted by atomic mass is 15.4. The predicted molar refractivity (Wildman–Crippen MR) is 97.5 cm³/mol. The Bertz CT molecular complexity index is 722. The normalized spacial score (nSPS) is 21.0. The second-order valence-corrected chi connectivity index (χ2v) is 7.50. The number of piperazine rings is 1. The van der Waals surface area contributed by atoms with Crippen LogP contribution in [-0.4, -0.2) is 75.7 Å². The van der Waals surface area contributed by atoms with Crippen molar-refractivity contribution < 1.29 is 0 Å². The Hall–Kier alpha value is -1.66. The Morgan fingerprint density at radius 2 is 1.79 bits per heavy atom. The molecule has 0 bridgehead atoms. The van der Waals surface area contributed by atoms with E-state index in [0.29, 0.717) is 12.1 Å². The molecule has 0 amide bonds. The largest absolute Gasteiger partial charge is 0.351 e. The lowest BCUT2D eigenvalue weighted by atomic mass is 10.1. The minimum atomic E-state index is 0.667. The van der Waals surface area contributed by atoms with Crippen LogP contribution in [0.5, 0.6) is 0 Å². The van der Waals surface area contributed by atoms with Crippen LogP contribution in [0.2, 0.25) is 0 Å². The van der Waals surface area contributed by atoms with Crippen LogP contribution in [0.4, 0.5) is 5.82 Å². The third-order valence-corrected chi connectivity index (χ3v) is 5.80. The van der Waals surface area contributed by atoms with E-state index in [4.69, 9.17) is 0 Å². The van der Waals surface area contributed by atoms with E-state index in [2.05, 4.69) is 63.1 Å². The van der Waals surface area contributed by atoms with E-state index in [0.717, 1.165) is 29.9 Å². The summed E-state index contributed by atoms with van der Waals surface area (Å²) in [6, 6.07) is 3.48. The van der Waals surface area contributed by atoms with E-state index in [1.54, 1.807) is 6.33 Å². The maximum absolute atomic E-state index is 4.59. The molecule has 2 saturated heterocycles. The topological polar surface area (TPSA) is 40.4 Å². The van der Waals surface area contributed by atoms with Crippen LogP contribution >= 0.6 is 0 Å². The summed E-state index contributed by atoms with van der Waals surface area (Å²) >= 11 is 0. The van der Waals surface area contributed by atoms with Gasteiger partial charge in [0.15, 0.2) is 5.82 Å². The van der Waals surface area contributed by atoms with Gasteiger partial charge in [-0.3, -0.25) is 9.80 Å². The molecule has 24 heavy (non-hydrogen) atoms. The molecule has 2 aromatic heterocycles. The monoisotopic (exact) mass is 328 g/mol. The lowest BCUT2D eigenvalue weighted by molar-refractivity contribution is 0.0677. The van der Waals surface area contributed by atoms with Crippen molar-refractivity contribution in [1.82, 2.24) is 24.3 Å². The number of fused-ring (bicyclic) bond motifs is 1. The summed E-state index contributed by atoms with van der Waals surface area (Å²) in [6.45, 7) is 13.7. The average Bonchev–Trinajstić information content (AvgIpc) is 2.82. The van der Waals surface area contributed by atoms with Crippen molar-refractivity contribution in [3.8, 4) is 0 Å². The molecule has 4 heterocycles. The van der Waals surface area contributed by atoms with Crippen molar-refractivity contribution in [2.75, 3.05) is 44.2 Å². The van der Waals surface area contributed by atoms with Gasteiger partial charge in [-0.2, -0.15) is 0 Å². The van der Waals surface area contributed by atoms with Gasteiger partial charge in [-0.25, -0.2) is 9.97 Å². The molecule has 6 nitrogen and oxygen atoms in total. The van der Waals surface area contributed by atoms with Crippen LogP contribution in [0.15, 0.2) is 12.4 Å². The van der Waals surface area contributed by atoms with Gasteiger partial charge in [0.25, 0.3) is 0 Å². The van der Waals surface area contributed by atoms with Crippen molar-refractivity contribution in [1.29, 1.82) is 0 Å². The van der Waals surface area contributed by atoms with Gasteiger partial charge >= 0.3 is 0 Å². The maximum atomic E-state index is 4.59. The Morgan fingerprint density at radius 1 is 1.08 bits per heavy atom. The van der Waals surface area contributed by atoms with Crippen molar-refractivity contribution >= 4 is 16.9 Å². The summed E-state index contributed by atoms with van der Waals surface area (Å²) < 4.78 is 2.21. The predicted octanol–water partition coefficient (Wildman–Crippen LogP) is 1.49. The van der Waals surface area contributed by atoms with E-state index >= 15 is 0 Å². The van der Waals surface area contributed by atoms with E-state index in [9.17, 15) is 0 Å². The summed E-state index contributed by atoms with van der Waals surface area (Å²) in [5.41, 5.74) is 3.45. The first-order chi connectivity index (χ1) is 11.5. The maximum Gasteiger partial charge on any atom is 0.156 e. The molecule has 2 aromatic rings. The fraction of sp³-hybridized carbons (Fsp3) is 0.667. The first-order valence-corrected chi connectivity index (χ1v) is 9.04. The zero-order chi connectivity index (χ0) is 16.8. The highest BCUT2D eigenvalue weighted by molar-refractivity contribution is 5.88. The lowest BCUT2D eigenvalue weighted by Gasteiger charge is -2.49. The third-order valence-electron chi connectivity index (χ3n) is 5.80. The molecule has 0 aliphatic carbocycles. The molecule has 0 saturated carbocycles. The molecule has 0 atom stereocenters. The summed E-state index contributed by atoms with van der Waals surface area (Å²) in [5.74, 6) is 1.09. The Kier molecular flexibility index (Phi) is 3.96. The molecule has 0 N–H and O–H groups in total. The summed E-state index contributed by atoms with van der Waals surface area (Å²) in [7, 11) is 2.10. The fourth-order valence-corrected chi connectivity index (χ4v) is 3.99. The first kappa shape index (κ1) is 15.8. The fourth-order valence-electron chi connectivity index (χ4n) is 3.99. The van der Waals surface area contributed by atoms with Gasteiger partial charge in [-0.15, -0.1) is 0 Å². The van der Waals surface area contributed by atoms with Gasteiger partial charge in [0.05, 0.1) is 5.52 Å². The number of aryl methyl sites for hydroxylation is 2. The number of anilines is 1. The van der Waals surface area contributed by atoms with Crippen molar-refractivity contribution in [3.63, 3.8) is 0 Å². The van der Waals surface area contributed by atoms with Crippen LogP contribution in [-0.2, 0) is 7.05 Å². The molecular formula is C18H28N6. The van der Waals surface area contributed by atoms with Crippen molar-refractivity contribution in [3.05, 3.63) is 18.1 Å². The number of rotatable bonds is 3. The van der Waals surface area contributed by atoms with Crippen molar-refractivity contribution in [2.24, 2.45) is 7.05 Å². The number of hydrogen-bond donors (Lipinski definition) is 0. The van der Waals surface area contributed by atoms with Gasteiger partial charge in [0, 0.05) is 64.1 Å². The van der Waals surface area contributed by atoms with Crippen LogP contribution < -0.4 is 4.90 Å². The van der Waals surface area contributed by atoms with Crippen LogP contribution in [0.3, 0.4) is 0 Å². The smallest absolute Gasteiger partial charge is 0.156 e. The average molecular weight is 328 g/mol. The van der Waals surface area contributed by atoms with Gasteiger partial charge in [-0.05, 0) is 26.8 Å². The minimum absolute atomic E-state index is 0.667. The molecule has 6 heteroatoms. The van der Waals surface area contributed by atoms with E-state index in [-0.39, 0.29) is 0 Å². The number of hydrogen-bond acceptors (Lipinski definition) is 5. The van der Waals surface area contributed by atoms with E-state index in [1.165, 1.54) is 31.9 Å². The van der Waals surface area contributed by atoms with Crippen molar-refractivity contribution in [2.45, 2.75) is 32.9 Å². The highest BCUT2D eigenvalue weighted by Crippen LogP contribution is 2.30. The first-order valence-electron chi connectivity index (χ1n) is 9.04. The summed E-state index contributed by atoms with van der Waals surface area (Å²) in [4.78, 5) is 16.6. The van der Waals surface area contributed by atoms with Crippen LogP contribution in [0.25, 0.3) is 11.0 Å². The number of nitrogens with zero attached hydrogens (tertiary/aromatic N) is 6. The SMILES string of the molecule is Cc1cc2ncnc(N3CC(N4CCN(C(C)C)CC4)C3)c2n1C. The van der Waals surface area contributed by atoms with Gasteiger partial charge < -0.3 is 9.47 Å². The molecule has 4 rings (SSSR count). The quantitative estimate of drug-likeness (QED) is 0.854. The van der Waals surface area contributed by atoms with Crippen LogP contribution in [0, 0.1) is 6.92 Å². The Morgan fingerprint density at radius 3 is 2.46 bits per heavy atom. The lowest BCUT2D eigenvalue weighted by Crippen LogP contribution is -2.63. The molecule has 2 aliphatic rings. The summed E-state index contributed by atoms with van der Waals surface area (Å²) in [6.07, 6.45) is 1.70. The highest BCUT2D eigenvalue weighted by Gasteiger charge is 2.35. The van der Waals surface area contributed by atoms with Gasteiger partial charge in [-0.1, -0.05) is 0 Å². The molecular weight excluding hydrogens is 300 g/mol. The van der Waals surface area contributed by atoms with Gasteiger partial charge in [0.1, 0.15) is 11.8 Å². The zero-order valence-corrected chi connectivity index (χ0v) is 15.2.